The topological polar surface area (TPSA) is 85.9 Å². The first kappa shape index (κ1) is 16.9. The molecule has 0 saturated heterocycles. The zero-order valence-electron chi connectivity index (χ0n) is 14.6. The summed E-state index contributed by atoms with van der Waals surface area (Å²) in [6.45, 7) is 3.38. The second kappa shape index (κ2) is 7.31. The predicted octanol–water partition coefficient (Wildman–Crippen LogP) is 2.62. The van der Waals surface area contributed by atoms with Crippen molar-refractivity contribution in [3.8, 4) is 11.1 Å². The molecule has 0 aliphatic rings. The molecule has 0 unspecified atom stereocenters. The van der Waals surface area contributed by atoms with Gasteiger partial charge in [0.15, 0.2) is 5.65 Å². The summed E-state index contributed by atoms with van der Waals surface area (Å²) in [5, 5.41) is 13.8. The Morgan fingerprint density at radius 3 is 2.68 bits per heavy atom. The lowest BCUT2D eigenvalue weighted by Gasteiger charge is -2.11. The largest absolute Gasteiger partial charge is 0.337 e. The zero-order valence-corrected chi connectivity index (χ0v) is 14.6. The number of aryl methyl sites for hydroxylation is 1. The van der Waals surface area contributed by atoms with E-state index in [0.29, 0.717) is 12.2 Å². The van der Waals surface area contributed by atoms with Gasteiger partial charge >= 0.3 is 6.03 Å². The number of urea groups is 1. The van der Waals surface area contributed by atoms with Gasteiger partial charge in [-0.3, -0.25) is 5.10 Å². The van der Waals surface area contributed by atoms with Crippen LogP contribution in [0.1, 0.15) is 5.69 Å². The molecule has 0 spiro atoms. The van der Waals surface area contributed by atoms with E-state index < -0.39 is 0 Å². The Morgan fingerprint density at radius 1 is 1.20 bits per heavy atom. The Hall–Kier alpha value is -2.93. The van der Waals surface area contributed by atoms with Crippen LogP contribution in [0.3, 0.4) is 0 Å². The Kier molecular flexibility index (Phi) is 4.95. The van der Waals surface area contributed by atoms with E-state index in [0.717, 1.165) is 34.4 Å². The number of hydrogen-bond acceptors (Lipinski definition) is 4. The van der Waals surface area contributed by atoms with Crippen molar-refractivity contribution in [1.29, 1.82) is 0 Å². The van der Waals surface area contributed by atoms with E-state index in [2.05, 4.69) is 25.8 Å². The van der Waals surface area contributed by atoms with Crippen molar-refractivity contribution < 1.29 is 4.79 Å². The number of benzene rings is 1. The van der Waals surface area contributed by atoms with E-state index in [-0.39, 0.29) is 6.03 Å². The smallest absolute Gasteiger partial charge is 0.319 e. The van der Waals surface area contributed by atoms with Crippen molar-refractivity contribution in [2.24, 2.45) is 0 Å². The molecule has 25 heavy (non-hydrogen) atoms. The van der Waals surface area contributed by atoms with Gasteiger partial charge in [-0.25, -0.2) is 9.78 Å². The molecule has 0 saturated carbocycles. The number of fused-ring (bicyclic) bond motifs is 1. The third-order valence-corrected chi connectivity index (χ3v) is 3.93. The number of aromatic nitrogens is 3. The van der Waals surface area contributed by atoms with Crippen molar-refractivity contribution >= 4 is 22.8 Å². The first-order valence-corrected chi connectivity index (χ1v) is 8.14. The van der Waals surface area contributed by atoms with Gasteiger partial charge in [0.25, 0.3) is 0 Å². The van der Waals surface area contributed by atoms with Crippen LogP contribution in [0.25, 0.3) is 22.2 Å². The lowest BCUT2D eigenvalue weighted by molar-refractivity contribution is 0.250. The van der Waals surface area contributed by atoms with Crippen LogP contribution < -0.4 is 10.6 Å². The fourth-order valence-corrected chi connectivity index (χ4v) is 2.64. The summed E-state index contributed by atoms with van der Waals surface area (Å²) in [4.78, 5) is 18.2. The van der Waals surface area contributed by atoms with E-state index in [9.17, 15) is 4.79 Å². The normalized spacial score (nSPS) is 11.0. The van der Waals surface area contributed by atoms with Crippen LogP contribution >= 0.6 is 0 Å². The van der Waals surface area contributed by atoms with E-state index in [1.165, 1.54) is 0 Å². The predicted molar refractivity (Wildman–Crippen MR) is 99.6 cm³/mol. The van der Waals surface area contributed by atoms with Crippen LogP contribution in [-0.4, -0.2) is 53.3 Å². The molecule has 7 heteroatoms. The van der Waals surface area contributed by atoms with Gasteiger partial charge in [-0.15, -0.1) is 0 Å². The minimum absolute atomic E-state index is 0.202. The molecule has 0 aliphatic heterocycles. The van der Waals surface area contributed by atoms with E-state index >= 15 is 0 Å². The maximum atomic E-state index is 11.9. The highest BCUT2D eigenvalue weighted by Crippen LogP contribution is 2.29. The van der Waals surface area contributed by atoms with Crippen molar-refractivity contribution in [1.82, 2.24) is 25.4 Å². The lowest BCUT2D eigenvalue weighted by atomic mass is 10.0. The second-order valence-corrected chi connectivity index (χ2v) is 6.17. The average Bonchev–Trinajstić information content (AvgIpc) is 2.97. The minimum Gasteiger partial charge on any atom is -0.337 e. The summed E-state index contributed by atoms with van der Waals surface area (Å²) < 4.78 is 0. The number of nitrogens with zero attached hydrogens (tertiary/aromatic N) is 3. The molecule has 7 nitrogen and oxygen atoms in total. The Balaban J connectivity index is 1.72. The number of amides is 2. The van der Waals surface area contributed by atoms with Crippen LogP contribution in [0.4, 0.5) is 10.5 Å². The molecular weight excluding hydrogens is 316 g/mol. The summed E-state index contributed by atoms with van der Waals surface area (Å²) >= 11 is 0. The number of pyridine rings is 1. The van der Waals surface area contributed by atoms with Gasteiger partial charge in [0, 0.05) is 36.1 Å². The molecule has 3 aromatic rings. The summed E-state index contributed by atoms with van der Waals surface area (Å²) in [6.07, 6.45) is 1.75. The number of likely N-dealkylation sites (N-methyl/N-ethyl adjacent to an activating group) is 1. The molecule has 0 bridgehead atoms. The van der Waals surface area contributed by atoms with Crippen LogP contribution in [0.2, 0.25) is 0 Å². The number of nitrogens with one attached hydrogen (secondary N) is 3. The first-order valence-electron chi connectivity index (χ1n) is 8.14. The maximum Gasteiger partial charge on any atom is 0.319 e. The molecule has 130 valence electrons. The minimum atomic E-state index is -0.202. The van der Waals surface area contributed by atoms with Crippen LogP contribution in [0.5, 0.6) is 0 Å². The molecule has 2 heterocycles. The first-order chi connectivity index (χ1) is 12.0. The van der Waals surface area contributed by atoms with Gasteiger partial charge < -0.3 is 15.5 Å². The second-order valence-electron chi connectivity index (χ2n) is 6.17. The number of hydrogen-bond donors (Lipinski definition) is 3. The number of anilines is 1. The summed E-state index contributed by atoms with van der Waals surface area (Å²) in [6, 6.07) is 9.52. The highest BCUT2D eigenvalue weighted by Gasteiger charge is 2.10. The number of rotatable bonds is 5. The fraction of sp³-hybridized carbons (Fsp3) is 0.278. The zero-order chi connectivity index (χ0) is 17.8. The highest BCUT2D eigenvalue weighted by molar-refractivity contribution is 5.95. The maximum absolute atomic E-state index is 11.9. The third-order valence-electron chi connectivity index (χ3n) is 3.93. The molecule has 3 rings (SSSR count). The molecule has 2 amide bonds. The van der Waals surface area contributed by atoms with Crippen molar-refractivity contribution in [2.45, 2.75) is 6.92 Å². The molecule has 0 aliphatic carbocycles. The summed E-state index contributed by atoms with van der Waals surface area (Å²) in [5.41, 5.74) is 4.56. The molecular formula is C18H22N6O. The van der Waals surface area contributed by atoms with Gasteiger partial charge in [-0.2, -0.15) is 5.10 Å². The molecule has 1 aromatic carbocycles. The quantitative estimate of drug-likeness (QED) is 0.667. The van der Waals surface area contributed by atoms with Gasteiger partial charge in [0.2, 0.25) is 0 Å². The number of aromatic amines is 1. The van der Waals surface area contributed by atoms with Gasteiger partial charge in [0.05, 0.1) is 0 Å². The lowest BCUT2D eigenvalue weighted by Crippen LogP contribution is -2.34. The van der Waals surface area contributed by atoms with Gasteiger partial charge in [-0.05, 0) is 50.3 Å². The summed E-state index contributed by atoms with van der Waals surface area (Å²) in [5.74, 6) is 0. The number of carbonyl (C=O) groups excluding carboxylic acids is 1. The van der Waals surface area contributed by atoms with Crippen LogP contribution in [0, 0.1) is 6.92 Å². The van der Waals surface area contributed by atoms with Gasteiger partial charge in [-0.1, -0.05) is 12.1 Å². The SMILES string of the molecule is Cc1[nH]nc2nccc(-c3ccc(NC(=O)NCCN(C)C)cc3)c12. The molecule has 3 N–H and O–H groups in total. The van der Waals surface area contributed by atoms with Crippen molar-refractivity contribution in [3.05, 3.63) is 42.2 Å². The van der Waals surface area contributed by atoms with Crippen molar-refractivity contribution in [3.63, 3.8) is 0 Å². The highest BCUT2D eigenvalue weighted by atomic mass is 16.2. The summed E-state index contributed by atoms with van der Waals surface area (Å²) in [7, 11) is 3.94. The van der Waals surface area contributed by atoms with Gasteiger partial charge in [0.1, 0.15) is 0 Å². The Labute approximate surface area is 146 Å². The average molecular weight is 338 g/mol. The standard InChI is InChI=1S/C18H22N6O/c1-12-16-15(8-9-19-17(16)23-22-12)13-4-6-14(7-5-13)21-18(25)20-10-11-24(2)3/h4-9H,10-11H2,1-3H3,(H,19,22,23)(H2,20,21,25). The molecule has 0 fully saturated rings. The Bertz CT molecular complexity index is 869. The third kappa shape index (κ3) is 3.95. The Morgan fingerprint density at radius 2 is 1.96 bits per heavy atom. The van der Waals surface area contributed by atoms with E-state index in [1.807, 2.05) is 56.3 Å². The number of H-pyrrole nitrogens is 1. The van der Waals surface area contributed by atoms with E-state index in [1.54, 1.807) is 6.20 Å². The fourth-order valence-electron chi connectivity index (χ4n) is 2.64. The molecule has 0 radical (unpaired) electrons. The van der Waals surface area contributed by atoms with Crippen LogP contribution in [-0.2, 0) is 0 Å². The van der Waals surface area contributed by atoms with Crippen LogP contribution in [0.15, 0.2) is 36.5 Å². The monoisotopic (exact) mass is 338 g/mol. The van der Waals surface area contributed by atoms with Crippen molar-refractivity contribution in [2.75, 3.05) is 32.5 Å². The molecule has 2 aromatic heterocycles. The number of carbonyl (C=O) groups is 1. The van der Waals surface area contributed by atoms with E-state index in [4.69, 9.17) is 0 Å². The molecule has 0 atom stereocenters.